The number of allylic oxidation sites excluding steroid dienone is 4. The first-order valence-corrected chi connectivity index (χ1v) is 50.1. The van der Waals surface area contributed by atoms with Crippen LogP contribution in [0.15, 0.2) is 24.3 Å². The maximum Gasteiger partial charge on any atom is 0.472 e. The van der Waals surface area contributed by atoms with Crippen LogP contribution in [0.4, 0.5) is 0 Å². The summed E-state index contributed by atoms with van der Waals surface area (Å²) in [5.74, 6) is -2.12. The highest BCUT2D eigenvalue weighted by molar-refractivity contribution is 7.47. The summed E-state index contributed by atoms with van der Waals surface area (Å²) in [6.45, 7) is 5.02. The highest BCUT2D eigenvalue weighted by Gasteiger charge is 2.30. The topological polar surface area (TPSA) is 237 Å². The molecular formula is C92H176O17P2. The van der Waals surface area contributed by atoms with Crippen molar-refractivity contribution in [2.45, 2.75) is 502 Å². The van der Waals surface area contributed by atoms with Crippen LogP contribution < -0.4 is 0 Å². The number of hydrogen-bond acceptors (Lipinski definition) is 15. The van der Waals surface area contributed by atoms with Crippen LogP contribution in [-0.4, -0.2) is 96.7 Å². The van der Waals surface area contributed by atoms with Crippen LogP contribution in [0.3, 0.4) is 0 Å². The van der Waals surface area contributed by atoms with E-state index in [0.29, 0.717) is 25.7 Å². The number of carbonyl (C=O) groups is 4. The Bertz CT molecular complexity index is 2180. The molecule has 0 rings (SSSR count). The fourth-order valence-corrected chi connectivity index (χ4v) is 15.6. The molecular weight excluding hydrogens is 1440 g/mol. The second-order valence-electron chi connectivity index (χ2n) is 32.4. The third kappa shape index (κ3) is 85.2. The Morgan fingerprint density at radius 1 is 0.252 bits per heavy atom. The van der Waals surface area contributed by atoms with Crippen LogP contribution in [0.2, 0.25) is 0 Å². The van der Waals surface area contributed by atoms with E-state index in [2.05, 4.69) is 52.0 Å². The van der Waals surface area contributed by atoms with Crippen molar-refractivity contribution in [3.05, 3.63) is 24.3 Å². The van der Waals surface area contributed by atoms with E-state index in [1.165, 1.54) is 302 Å². The molecule has 111 heavy (non-hydrogen) atoms. The standard InChI is InChI=1S/C92H176O17P2/c1-5-9-13-17-21-25-29-33-36-38-40-42-44-46-48-51-55-59-63-67-71-75-79-92(97)109-88(83-103-90(95)77-73-69-65-61-57-53-50-47-45-43-41-39-37-34-30-26-22-18-14-10-6-2)85-107-111(100,101)105-81-86(93)80-104-110(98,99)106-84-87(82-102-89(94)76-72-68-64-60-56-52-32-28-24-20-16-12-8-4)108-91(96)78-74-70-66-62-58-54-49-35-31-27-23-19-15-11-7-3/h27,31,35,49,86-88,93H,5-26,28-30,32-34,36-48,50-85H2,1-4H3,(H,98,99)(H,100,101)/b31-27-,49-35-/t86-,87+,88+/m0/s1. The Hall–Kier alpha value is -2.46. The van der Waals surface area contributed by atoms with Crippen LogP contribution in [0, 0.1) is 0 Å². The lowest BCUT2D eigenvalue weighted by molar-refractivity contribution is -0.161. The van der Waals surface area contributed by atoms with Gasteiger partial charge in [0, 0.05) is 25.7 Å². The van der Waals surface area contributed by atoms with E-state index in [1.807, 2.05) is 0 Å². The lowest BCUT2D eigenvalue weighted by atomic mass is 10.0. The lowest BCUT2D eigenvalue weighted by Gasteiger charge is -2.21. The maximum atomic E-state index is 13.2. The molecule has 0 aliphatic carbocycles. The summed E-state index contributed by atoms with van der Waals surface area (Å²) >= 11 is 0. The van der Waals surface area contributed by atoms with E-state index in [9.17, 15) is 43.2 Å². The first-order valence-electron chi connectivity index (χ1n) is 47.1. The van der Waals surface area contributed by atoms with Gasteiger partial charge in [0.15, 0.2) is 12.2 Å². The van der Waals surface area contributed by atoms with Crippen LogP contribution in [-0.2, 0) is 65.4 Å². The monoisotopic (exact) mass is 1620 g/mol. The summed E-state index contributed by atoms with van der Waals surface area (Å²) in [5, 5.41) is 10.7. The van der Waals surface area contributed by atoms with Crippen molar-refractivity contribution in [1.29, 1.82) is 0 Å². The van der Waals surface area contributed by atoms with E-state index < -0.39 is 97.5 Å². The molecule has 3 N–H and O–H groups in total. The number of esters is 4. The van der Waals surface area contributed by atoms with E-state index in [1.54, 1.807) is 0 Å². The zero-order valence-corrected chi connectivity index (χ0v) is 74.2. The fraction of sp³-hybridized carbons (Fsp3) is 0.913. The molecule has 0 aliphatic heterocycles. The van der Waals surface area contributed by atoms with Crippen molar-refractivity contribution in [2.24, 2.45) is 0 Å². The minimum Gasteiger partial charge on any atom is -0.462 e. The van der Waals surface area contributed by atoms with Crippen molar-refractivity contribution >= 4 is 39.5 Å². The van der Waals surface area contributed by atoms with Crippen molar-refractivity contribution in [3.8, 4) is 0 Å². The molecule has 0 saturated carbocycles. The van der Waals surface area contributed by atoms with E-state index in [-0.39, 0.29) is 25.7 Å². The van der Waals surface area contributed by atoms with Gasteiger partial charge in [0.05, 0.1) is 26.4 Å². The van der Waals surface area contributed by atoms with Gasteiger partial charge in [0.25, 0.3) is 0 Å². The summed E-state index contributed by atoms with van der Waals surface area (Å²) in [6.07, 6.45) is 85.7. The first-order chi connectivity index (χ1) is 54.2. The molecule has 0 aromatic rings. The highest BCUT2D eigenvalue weighted by atomic mass is 31.2. The smallest absolute Gasteiger partial charge is 0.462 e. The van der Waals surface area contributed by atoms with Gasteiger partial charge in [-0.15, -0.1) is 0 Å². The molecule has 0 bridgehead atoms. The summed E-state index contributed by atoms with van der Waals surface area (Å²) in [7, 11) is -9.95. The number of carbonyl (C=O) groups excluding carboxylic acids is 4. The minimum absolute atomic E-state index is 0.0863. The predicted molar refractivity (Wildman–Crippen MR) is 460 cm³/mol. The second-order valence-corrected chi connectivity index (χ2v) is 35.3. The Morgan fingerprint density at radius 2 is 0.432 bits per heavy atom. The van der Waals surface area contributed by atoms with Crippen LogP contribution in [0.1, 0.15) is 484 Å². The van der Waals surface area contributed by atoms with Gasteiger partial charge in [-0.05, 0) is 51.4 Å². The zero-order chi connectivity index (χ0) is 81.0. The Morgan fingerprint density at radius 3 is 0.658 bits per heavy atom. The number of hydrogen-bond donors (Lipinski definition) is 3. The van der Waals surface area contributed by atoms with Gasteiger partial charge in [0.2, 0.25) is 0 Å². The molecule has 0 spiro atoms. The SMILES string of the molecule is CCCCCC/C=C\C=C/CCCCCCCC(=O)O[C@H](COC(=O)CCCCCCCCCCCCCCC)COP(=O)(O)OC[C@H](O)COP(=O)(O)OC[C@@H](COC(=O)CCCCCCCCCCCCCCCCCCCCCCC)OC(=O)CCCCCCCCCCCCCCCCCCCCCCCC. The van der Waals surface area contributed by atoms with Gasteiger partial charge in [-0.2, -0.15) is 0 Å². The fourth-order valence-electron chi connectivity index (χ4n) is 14.0. The molecule has 0 radical (unpaired) electrons. The molecule has 0 saturated heterocycles. The van der Waals surface area contributed by atoms with Crippen LogP contribution in [0.5, 0.6) is 0 Å². The molecule has 0 fully saturated rings. The van der Waals surface area contributed by atoms with Gasteiger partial charge in [-0.1, -0.05) is 431 Å². The van der Waals surface area contributed by atoms with Gasteiger partial charge in [-0.3, -0.25) is 37.3 Å². The lowest BCUT2D eigenvalue weighted by Crippen LogP contribution is -2.30. The average molecular weight is 1620 g/mol. The number of phosphoric acid groups is 2. The van der Waals surface area contributed by atoms with E-state index >= 15 is 0 Å². The summed E-state index contributed by atoms with van der Waals surface area (Å²) in [4.78, 5) is 73.4. The Kier molecular flexibility index (Phi) is 83.5. The maximum absolute atomic E-state index is 13.2. The number of rotatable bonds is 91. The number of aliphatic hydroxyl groups is 1. The summed E-state index contributed by atoms with van der Waals surface area (Å²) in [6, 6.07) is 0. The first kappa shape index (κ1) is 109. The van der Waals surface area contributed by atoms with Crippen molar-refractivity contribution < 1.29 is 80.2 Å². The van der Waals surface area contributed by atoms with Crippen LogP contribution >= 0.6 is 15.6 Å². The molecule has 2 unspecified atom stereocenters. The molecule has 17 nitrogen and oxygen atoms in total. The van der Waals surface area contributed by atoms with Gasteiger partial charge in [-0.25, -0.2) is 9.13 Å². The quantitative estimate of drug-likeness (QED) is 0.0169. The molecule has 656 valence electrons. The average Bonchev–Trinajstić information content (AvgIpc) is 0.898. The van der Waals surface area contributed by atoms with E-state index in [4.69, 9.17) is 37.0 Å². The van der Waals surface area contributed by atoms with E-state index in [0.717, 1.165) is 103 Å². The largest absolute Gasteiger partial charge is 0.472 e. The zero-order valence-electron chi connectivity index (χ0n) is 72.4. The molecule has 0 aromatic heterocycles. The normalized spacial score (nSPS) is 13.8. The molecule has 0 amide bonds. The summed E-state index contributed by atoms with van der Waals surface area (Å²) < 4.78 is 69.0. The van der Waals surface area contributed by atoms with Gasteiger partial charge in [0.1, 0.15) is 19.3 Å². The molecule has 0 aromatic carbocycles. The number of ether oxygens (including phenoxy) is 4. The van der Waals surface area contributed by atoms with Crippen molar-refractivity contribution in [1.82, 2.24) is 0 Å². The third-order valence-corrected chi connectivity index (χ3v) is 23.1. The number of phosphoric ester groups is 2. The summed E-state index contributed by atoms with van der Waals surface area (Å²) in [5.41, 5.74) is 0. The molecule has 0 aliphatic rings. The third-order valence-electron chi connectivity index (χ3n) is 21.2. The van der Waals surface area contributed by atoms with Gasteiger partial charge >= 0.3 is 39.5 Å². The highest BCUT2D eigenvalue weighted by Crippen LogP contribution is 2.45. The van der Waals surface area contributed by atoms with Crippen molar-refractivity contribution in [3.63, 3.8) is 0 Å². The number of aliphatic hydroxyl groups excluding tert-OH is 1. The van der Waals surface area contributed by atoms with Crippen LogP contribution in [0.25, 0.3) is 0 Å². The minimum atomic E-state index is -4.97. The van der Waals surface area contributed by atoms with Crippen molar-refractivity contribution in [2.75, 3.05) is 39.6 Å². The predicted octanol–water partition coefficient (Wildman–Crippen LogP) is 28.4. The Labute approximate surface area is 682 Å². The molecule has 0 heterocycles. The number of unbranched alkanes of at least 4 members (excludes halogenated alkanes) is 62. The van der Waals surface area contributed by atoms with Gasteiger partial charge < -0.3 is 33.8 Å². The second kappa shape index (κ2) is 85.4. The molecule has 5 atom stereocenters. The Balaban J connectivity index is 5.26. The molecule has 19 heteroatoms.